The lowest BCUT2D eigenvalue weighted by molar-refractivity contribution is 0.0978. The number of nitrogens with zero attached hydrogens (tertiary/aromatic N) is 1. The number of primary amides is 1. The van der Waals surface area contributed by atoms with Gasteiger partial charge in [-0.15, -0.1) is 0 Å². The van der Waals surface area contributed by atoms with Crippen LogP contribution >= 0.6 is 0 Å². The minimum absolute atomic E-state index is 0.203. The summed E-state index contributed by atoms with van der Waals surface area (Å²) in [5.74, 6) is -0.802. The number of ketones is 1. The van der Waals surface area contributed by atoms with Crippen molar-refractivity contribution in [3.8, 4) is 0 Å². The Hall–Kier alpha value is -2.40. The molecule has 0 atom stereocenters. The van der Waals surface area contributed by atoms with Crippen molar-refractivity contribution in [1.29, 1.82) is 0 Å². The Morgan fingerprint density at radius 1 is 1.04 bits per heavy atom. The van der Waals surface area contributed by atoms with Crippen LogP contribution < -0.4 is 5.73 Å². The number of amides is 1. The highest BCUT2D eigenvalue weighted by Crippen LogP contribution is 2.17. The topological polar surface area (TPSA) is 85.3 Å². The summed E-state index contributed by atoms with van der Waals surface area (Å²) in [6.07, 6.45) is 6.66. The molecule has 1 amide bonds. The number of aliphatic hydroxyl groups is 1. The molecule has 5 nitrogen and oxygen atoms in total. The first-order chi connectivity index (χ1) is 11.5. The van der Waals surface area contributed by atoms with Gasteiger partial charge >= 0.3 is 0 Å². The Kier molecular flexibility index (Phi) is 6.32. The van der Waals surface area contributed by atoms with Gasteiger partial charge in [0.05, 0.1) is 5.56 Å². The lowest BCUT2D eigenvalue weighted by atomic mass is 10.0. The van der Waals surface area contributed by atoms with E-state index in [9.17, 15) is 9.59 Å². The number of unbranched alkanes of at least 4 members (excludes halogenated alkanes) is 3. The number of aryl methyl sites for hydroxylation is 2. The second-order valence-corrected chi connectivity index (χ2v) is 5.97. The first-order valence-electron chi connectivity index (χ1n) is 8.24. The van der Waals surface area contributed by atoms with Gasteiger partial charge in [0.1, 0.15) is 5.69 Å². The molecule has 24 heavy (non-hydrogen) atoms. The van der Waals surface area contributed by atoms with Crippen molar-refractivity contribution in [2.75, 3.05) is 6.61 Å². The zero-order chi connectivity index (χ0) is 17.5. The minimum atomic E-state index is -0.599. The van der Waals surface area contributed by atoms with E-state index < -0.39 is 5.91 Å². The first kappa shape index (κ1) is 17.9. The van der Waals surface area contributed by atoms with Crippen LogP contribution in [-0.4, -0.2) is 28.0 Å². The summed E-state index contributed by atoms with van der Waals surface area (Å²) < 4.78 is 1.62. The highest BCUT2D eigenvalue weighted by molar-refractivity contribution is 6.14. The predicted octanol–water partition coefficient (Wildman–Crippen LogP) is 2.45. The van der Waals surface area contributed by atoms with Crippen LogP contribution in [-0.2, 0) is 13.5 Å². The largest absolute Gasteiger partial charge is 0.396 e. The zero-order valence-corrected chi connectivity index (χ0v) is 14.0. The smallest absolute Gasteiger partial charge is 0.251 e. The van der Waals surface area contributed by atoms with E-state index >= 15 is 0 Å². The molecule has 128 valence electrons. The van der Waals surface area contributed by atoms with Crippen molar-refractivity contribution in [3.63, 3.8) is 0 Å². The zero-order valence-electron chi connectivity index (χ0n) is 14.0. The molecule has 0 aliphatic heterocycles. The van der Waals surface area contributed by atoms with Crippen molar-refractivity contribution in [2.45, 2.75) is 32.1 Å². The second-order valence-electron chi connectivity index (χ2n) is 5.97. The highest BCUT2D eigenvalue weighted by atomic mass is 16.2. The van der Waals surface area contributed by atoms with Crippen molar-refractivity contribution in [3.05, 3.63) is 58.9 Å². The molecule has 0 saturated heterocycles. The number of nitrogens with two attached hydrogens (primary N) is 1. The first-order valence-corrected chi connectivity index (χ1v) is 8.24. The quantitative estimate of drug-likeness (QED) is 0.548. The Morgan fingerprint density at radius 2 is 1.71 bits per heavy atom. The Labute approximate surface area is 142 Å². The predicted molar refractivity (Wildman–Crippen MR) is 93.1 cm³/mol. The summed E-state index contributed by atoms with van der Waals surface area (Å²) >= 11 is 0. The normalized spacial score (nSPS) is 10.8. The third-order valence-electron chi connectivity index (χ3n) is 4.14. The fraction of sp³-hybridized carbons (Fsp3) is 0.368. The number of carbonyl (C=O) groups excluding carboxylic acids is 2. The van der Waals surface area contributed by atoms with Crippen LogP contribution in [0, 0.1) is 0 Å². The van der Waals surface area contributed by atoms with Gasteiger partial charge in [-0.3, -0.25) is 9.59 Å². The summed E-state index contributed by atoms with van der Waals surface area (Å²) in [5, 5.41) is 8.75. The fourth-order valence-electron chi connectivity index (χ4n) is 2.77. The number of benzene rings is 1. The maximum Gasteiger partial charge on any atom is 0.251 e. The van der Waals surface area contributed by atoms with Crippen molar-refractivity contribution in [1.82, 2.24) is 4.57 Å². The number of aromatic nitrogens is 1. The maximum atomic E-state index is 12.6. The summed E-state index contributed by atoms with van der Waals surface area (Å²) in [5.41, 5.74) is 7.62. The van der Waals surface area contributed by atoms with Crippen LogP contribution in [0.4, 0.5) is 0 Å². The van der Waals surface area contributed by atoms with Gasteiger partial charge in [-0.05, 0) is 30.9 Å². The molecule has 1 aromatic heterocycles. The van der Waals surface area contributed by atoms with Crippen LogP contribution in [0.5, 0.6) is 0 Å². The van der Waals surface area contributed by atoms with Gasteiger partial charge in [-0.1, -0.05) is 37.1 Å². The van der Waals surface area contributed by atoms with Crippen molar-refractivity contribution >= 4 is 11.7 Å². The molecule has 2 aromatic rings. The third-order valence-corrected chi connectivity index (χ3v) is 4.14. The summed E-state index contributed by atoms with van der Waals surface area (Å²) in [6.45, 7) is 0.253. The molecule has 0 fully saturated rings. The molecular weight excluding hydrogens is 304 g/mol. The fourth-order valence-corrected chi connectivity index (χ4v) is 2.77. The van der Waals surface area contributed by atoms with E-state index in [0.717, 1.165) is 32.1 Å². The van der Waals surface area contributed by atoms with Crippen LogP contribution in [0.1, 0.15) is 57.7 Å². The second kappa shape index (κ2) is 8.45. The standard InChI is InChI=1S/C19H24N2O3/c1-21-12-11-16(19(20)24)17(21)18(23)15-9-7-14(8-10-15)6-4-2-3-5-13-22/h7-12,22H,2-6,13H2,1H3,(H2,20,24). The van der Waals surface area contributed by atoms with E-state index in [1.54, 1.807) is 36.0 Å². The van der Waals surface area contributed by atoms with Crippen LogP contribution in [0.25, 0.3) is 0 Å². The number of rotatable bonds is 9. The van der Waals surface area contributed by atoms with Gasteiger partial charge in [-0.2, -0.15) is 0 Å². The third kappa shape index (κ3) is 4.32. The Balaban J connectivity index is 2.04. The summed E-state index contributed by atoms with van der Waals surface area (Å²) in [6, 6.07) is 9.06. The average molecular weight is 328 g/mol. The van der Waals surface area contributed by atoms with E-state index in [1.165, 1.54) is 5.56 Å². The van der Waals surface area contributed by atoms with Gasteiger partial charge in [0.2, 0.25) is 5.78 Å². The molecule has 0 radical (unpaired) electrons. The number of aliphatic hydroxyl groups excluding tert-OH is 1. The highest BCUT2D eigenvalue weighted by Gasteiger charge is 2.20. The average Bonchev–Trinajstić information content (AvgIpc) is 2.96. The van der Waals surface area contributed by atoms with Gasteiger partial charge in [0, 0.05) is 25.4 Å². The van der Waals surface area contributed by atoms with E-state index in [-0.39, 0.29) is 18.0 Å². The van der Waals surface area contributed by atoms with Gasteiger partial charge in [-0.25, -0.2) is 0 Å². The lowest BCUT2D eigenvalue weighted by Gasteiger charge is -2.07. The van der Waals surface area contributed by atoms with E-state index in [0.29, 0.717) is 11.3 Å². The number of hydrogen-bond acceptors (Lipinski definition) is 3. The maximum absolute atomic E-state index is 12.6. The molecule has 0 aliphatic carbocycles. The summed E-state index contributed by atoms with van der Waals surface area (Å²) in [4.78, 5) is 24.1. The SMILES string of the molecule is Cn1ccc(C(N)=O)c1C(=O)c1ccc(CCCCCCO)cc1. The van der Waals surface area contributed by atoms with Crippen molar-refractivity contribution in [2.24, 2.45) is 12.8 Å². The van der Waals surface area contributed by atoms with Crippen LogP contribution in [0.3, 0.4) is 0 Å². The molecule has 0 unspecified atom stereocenters. The van der Waals surface area contributed by atoms with Crippen molar-refractivity contribution < 1.29 is 14.7 Å². The molecule has 3 N–H and O–H groups in total. The molecular formula is C19H24N2O3. The molecule has 0 saturated carbocycles. The molecule has 5 heteroatoms. The Bertz CT molecular complexity index is 702. The molecule has 0 aliphatic rings. The lowest BCUT2D eigenvalue weighted by Crippen LogP contribution is -2.17. The van der Waals surface area contributed by atoms with Crippen LogP contribution in [0.15, 0.2) is 36.5 Å². The Morgan fingerprint density at radius 3 is 2.33 bits per heavy atom. The molecule has 0 spiro atoms. The van der Waals surface area contributed by atoms with Gasteiger partial charge in [0.15, 0.2) is 0 Å². The van der Waals surface area contributed by atoms with E-state index in [1.807, 2.05) is 12.1 Å². The minimum Gasteiger partial charge on any atom is -0.396 e. The number of hydrogen-bond donors (Lipinski definition) is 2. The summed E-state index contributed by atoms with van der Waals surface area (Å²) in [7, 11) is 1.72. The molecule has 1 aromatic carbocycles. The monoisotopic (exact) mass is 328 g/mol. The van der Waals surface area contributed by atoms with Gasteiger partial charge < -0.3 is 15.4 Å². The number of carbonyl (C=O) groups is 2. The van der Waals surface area contributed by atoms with Crippen LogP contribution in [0.2, 0.25) is 0 Å². The van der Waals surface area contributed by atoms with E-state index in [4.69, 9.17) is 10.8 Å². The molecule has 1 heterocycles. The molecule has 0 bridgehead atoms. The van der Waals surface area contributed by atoms with Gasteiger partial charge in [0.25, 0.3) is 5.91 Å². The molecule has 2 rings (SSSR count). The van der Waals surface area contributed by atoms with E-state index in [2.05, 4.69) is 0 Å².